The van der Waals surface area contributed by atoms with Crippen LogP contribution in [0.3, 0.4) is 0 Å². The predicted molar refractivity (Wildman–Crippen MR) is 91.9 cm³/mol. The Morgan fingerprint density at radius 3 is 2.74 bits per heavy atom. The van der Waals surface area contributed by atoms with Gasteiger partial charge in [0.25, 0.3) is 0 Å². The van der Waals surface area contributed by atoms with Crippen molar-refractivity contribution in [3.63, 3.8) is 0 Å². The first-order valence-electron chi connectivity index (χ1n) is 7.71. The minimum atomic E-state index is -0.543. The number of rotatable bonds is 4. The van der Waals surface area contributed by atoms with Crippen LogP contribution < -0.4 is 0 Å². The minimum absolute atomic E-state index is 0.237. The van der Waals surface area contributed by atoms with Crippen LogP contribution in [-0.4, -0.2) is 21.7 Å². The Kier molecular flexibility index (Phi) is 5.16. The van der Waals surface area contributed by atoms with Crippen LogP contribution in [0.5, 0.6) is 0 Å². The Labute approximate surface area is 136 Å². The van der Waals surface area contributed by atoms with Gasteiger partial charge in [-0.15, -0.1) is 0 Å². The van der Waals surface area contributed by atoms with E-state index in [1.54, 1.807) is 19.2 Å². The van der Waals surface area contributed by atoms with E-state index in [2.05, 4.69) is 4.98 Å². The van der Waals surface area contributed by atoms with E-state index in [9.17, 15) is 9.90 Å². The van der Waals surface area contributed by atoms with Crippen molar-refractivity contribution < 1.29 is 14.6 Å². The monoisotopic (exact) mass is 313 g/mol. The van der Waals surface area contributed by atoms with Gasteiger partial charge in [-0.3, -0.25) is 9.78 Å². The first kappa shape index (κ1) is 17.2. The average molecular weight is 313 g/mol. The number of aromatic nitrogens is 1. The number of benzene rings is 1. The number of aliphatic hydroxyl groups excluding tert-OH is 1. The molecule has 0 saturated carbocycles. The molecule has 1 aromatic carbocycles. The normalized spacial score (nSPS) is 13.4. The number of nitrogens with zero attached hydrogens (tertiary/aromatic N) is 1. The molecule has 122 valence electrons. The second-order valence-electron chi connectivity index (χ2n) is 6.59. The molecule has 1 N–H and O–H groups in total. The molecule has 0 saturated heterocycles. The van der Waals surface area contributed by atoms with Gasteiger partial charge >= 0.3 is 5.97 Å². The maximum Gasteiger partial charge on any atom is 0.310 e. The Morgan fingerprint density at radius 2 is 2.09 bits per heavy atom. The highest BCUT2D eigenvalue weighted by Crippen LogP contribution is 2.20. The molecular formula is C19H23NO3. The lowest BCUT2D eigenvalue weighted by Gasteiger charge is -2.18. The Bertz CT molecular complexity index is 727. The van der Waals surface area contributed by atoms with Crippen LogP contribution in [0.4, 0.5) is 0 Å². The molecule has 2 rings (SSSR count). The van der Waals surface area contributed by atoms with Crippen LogP contribution in [0, 0.1) is 0 Å². The molecule has 23 heavy (non-hydrogen) atoms. The topological polar surface area (TPSA) is 59.4 Å². The van der Waals surface area contributed by atoms with Crippen LogP contribution in [0.15, 0.2) is 36.5 Å². The highest BCUT2D eigenvalue weighted by atomic mass is 16.6. The van der Waals surface area contributed by atoms with Gasteiger partial charge in [-0.25, -0.2) is 0 Å². The summed E-state index contributed by atoms with van der Waals surface area (Å²) in [5.41, 5.74) is 2.17. The fourth-order valence-corrected chi connectivity index (χ4v) is 2.17. The molecule has 0 amide bonds. The van der Waals surface area contributed by atoms with Crippen LogP contribution in [0.2, 0.25) is 0 Å². The molecule has 0 unspecified atom stereocenters. The molecular weight excluding hydrogens is 290 g/mol. The number of fused-ring (bicyclic) bond motifs is 1. The average Bonchev–Trinajstić information content (AvgIpc) is 2.44. The Hall–Kier alpha value is -2.20. The molecule has 0 aliphatic carbocycles. The smallest absolute Gasteiger partial charge is 0.310 e. The molecule has 1 atom stereocenters. The number of carbonyl (C=O) groups is 1. The summed E-state index contributed by atoms with van der Waals surface area (Å²) < 4.78 is 5.26. The van der Waals surface area contributed by atoms with Gasteiger partial charge in [0, 0.05) is 11.6 Å². The predicted octanol–water partition coefficient (Wildman–Crippen LogP) is 4.03. The second-order valence-corrected chi connectivity index (χ2v) is 6.59. The Morgan fingerprint density at radius 1 is 1.35 bits per heavy atom. The molecule has 4 heteroatoms. The van der Waals surface area contributed by atoms with Gasteiger partial charge in [0.05, 0.1) is 18.0 Å². The number of pyridine rings is 1. The molecule has 0 spiro atoms. The van der Waals surface area contributed by atoms with E-state index in [1.165, 1.54) is 0 Å². The Balaban J connectivity index is 2.11. The molecule has 0 fully saturated rings. The highest BCUT2D eigenvalue weighted by Gasteiger charge is 2.14. The molecule has 1 heterocycles. The van der Waals surface area contributed by atoms with Gasteiger partial charge in [-0.1, -0.05) is 18.2 Å². The number of esters is 1. The second kappa shape index (κ2) is 6.92. The lowest BCUT2D eigenvalue weighted by molar-refractivity contribution is -0.153. The molecule has 0 aliphatic heterocycles. The van der Waals surface area contributed by atoms with Crippen molar-refractivity contribution in [2.45, 2.75) is 45.8 Å². The maximum absolute atomic E-state index is 11.7. The van der Waals surface area contributed by atoms with Crippen molar-refractivity contribution in [2.75, 3.05) is 0 Å². The third kappa shape index (κ3) is 5.18. The molecule has 0 bridgehead atoms. The highest BCUT2D eigenvalue weighted by molar-refractivity contribution is 5.82. The van der Waals surface area contributed by atoms with Crippen molar-refractivity contribution in [1.29, 1.82) is 0 Å². The summed E-state index contributed by atoms with van der Waals surface area (Å²) in [6, 6.07) is 7.79. The van der Waals surface area contributed by atoms with Crippen LogP contribution in [-0.2, 0) is 9.53 Å². The van der Waals surface area contributed by atoms with Crippen molar-refractivity contribution in [3.05, 3.63) is 47.7 Å². The van der Waals surface area contributed by atoms with E-state index >= 15 is 0 Å². The summed E-state index contributed by atoms with van der Waals surface area (Å²) in [6.45, 7) is 7.27. The number of carbonyl (C=O) groups excluding carboxylic acids is 1. The van der Waals surface area contributed by atoms with Gasteiger partial charge < -0.3 is 9.84 Å². The fourth-order valence-electron chi connectivity index (χ4n) is 2.17. The van der Waals surface area contributed by atoms with Crippen molar-refractivity contribution in [3.8, 4) is 0 Å². The van der Waals surface area contributed by atoms with E-state index in [4.69, 9.17) is 4.74 Å². The van der Waals surface area contributed by atoms with Crippen molar-refractivity contribution >= 4 is 22.9 Å². The summed E-state index contributed by atoms with van der Waals surface area (Å²) in [4.78, 5) is 16.0. The summed E-state index contributed by atoms with van der Waals surface area (Å²) in [6.07, 6.45) is 5.06. The van der Waals surface area contributed by atoms with Crippen molar-refractivity contribution in [2.24, 2.45) is 0 Å². The molecule has 1 aromatic heterocycles. The zero-order valence-corrected chi connectivity index (χ0v) is 14.0. The summed E-state index contributed by atoms with van der Waals surface area (Å²) >= 11 is 0. The SMILES string of the molecule is C[C@@H](O)c1cnc2ccc(C=CCC(=O)OC(C)(C)C)cc2c1. The first-order valence-corrected chi connectivity index (χ1v) is 7.71. The van der Waals surface area contributed by atoms with Crippen LogP contribution in [0.25, 0.3) is 17.0 Å². The number of ether oxygens (including phenoxy) is 1. The largest absolute Gasteiger partial charge is 0.460 e. The van der Waals surface area contributed by atoms with E-state index in [0.29, 0.717) is 0 Å². The maximum atomic E-state index is 11.7. The molecule has 0 radical (unpaired) electrons. The number of aliphatic hydroxyl groups is 1. The lowest BCUT2D eigenvalue weighted by atomic mass is 10.1. The summed E-state index contributed by atoms with van der Waals surface area (Å²) in [7, 11) is 0. The zero-order valence-electron chi connectivity index (χ0n) is 14.0. The van der Waals surface area contributed by atoms with Crippen LogP contribution >= 0.6 is 0 Å². The summed E-state index contributed by atoms with van der Waals surface area (Å²) in [5, 5.41) is 10.6. The molecule has 2 aromatic rings. The minimum Gasteiger partial charge on any atom is -0.460 e. The third-order valence-corrected chi connectivity index (χ3v) is 3.22. The van der Waals surface area contributed by atoms with Gasteiger partial charge in [0.15, 0.2) is 0 Å². The zero-order chi connectivity index (χ0) is 17.0. The third-order valence-electron chi connectivity index (χ3n) is 3.22. The van der Waals surface area contributed by atoms with E-state index in [-0.39, 0.29) is 12.4 Å². The summed E-state index contributed by atoms with van der Waals surface area (Å²) in [5.74, 6) is -0.243. The standard InChI is InChI=1S/C19H23NO3/c1-13(21)16-11-15-10-14(8-9-17(15)20-12-16)6-5-7-18(22)23-19(2,3)4/h5-6,8-13,21H,7H2,1-4H3/t13-/m1/s1. The van der Waals surface area contributed by atoms with E-state index in [1.807, 2.05) is 51.1 Å². The number of hydrogen-bond donors (Lipinski definition) is 1. The number of hydrogen-bond acceptors (Lipinski definition) is 4. The van der Waals surface area contributed by atoms with E-state index in [0.717, 1.165) is 22.0 Å². The van der Waals surface area contributed by atoms with Gasteiger partial charge in [-0.2, -0.15) is 0 Å². The fraction of sp³-hybridized carbons (Fsp3) is 0.368. The van der Waals surface area contributed by atoms with Crippen molar-refractivity contribution in [1.82, 2.24) is 4.98 Å². The molecule has 0 aliphatic rings. The molecule has 4 nitrogen and oxygen atoms in total. The van der Waals surface area contributed by atoms with E-state index < -0.39 is 11.7 Å². The van der Waals surface area contributed by atoms with Crippen LogP contribution in [0.1, 0.15) is 51.3 Å². The quantitative estimate of drug-likeness (QED) is 0.866. The first-order chi connectivity index (χ1) is 10.7. The lowest BCUT2D eigenvalue weighted by Crippen LogP contribution is -2.23. The van der Waals surface area contributed by atoms with Gasteiger partial charge in [-0.05, 0) is 57.0 Å². The van der Waals surface area contributed by atoms with Gasteiger partial charge in [0.1, 0.15) is 5.60 Å². The van der Waals surface area contributed by atoms with Gasteiger partial charge in [0.2, 0.25) is 0 Å².